The quantitative estimate of drug-likeness (QED) is 0.795. The summed E-state index contributed by atoms with van der Waals surface area (Å²) in [6, 6.07) is 9.33. The molecule has 1 heterocycles. The highest BCUT2D eigenvalue weighted by molar-refractivity contribution is 5.79. The molecule has 5 nitrogen and oxygen atoms in total. The average molecular weight is 330 g/mol. The summed E-state index contributed by atoms with van der Waals surface area (Å²) in [6.45, 7) is 2.78. The van der Waals surface area contributed by atoms with Gasteiger partial charge in [0.1, 0.15) is 6.04 Å². The van der Waals surface area contributed by atoms with E-state index >= 15 is 0 Å². The molecular weight excluding hydrogens is 304 g/mol. The first kappa shape index (κ1) is 17.0. The monoisotopic (exact) mass is 330 g/mol. The summed E-state index contributed by atoms with van der Waals surface area (Å²) < 4.78 is 5.01. The summed E-state index contributed by atoms with van der Waals surface area (Å²) in [5, 5.41) is 0. The molecule has 1 aliphatic heterocycles. The summed E-state index contributed by atoms with van der Waals surface area (Å²) in [4.78, 5) is 28.9. The Morgan fingerprint density at radius 3 is 2.25 bits per heavy atom. The minimum absolute atomic E-state index is 0.224. The maximum absolute atomic E-state index is 12.6. The second kappa shape index (κ2) is 7.79. The lowest BCUT2D eigenvalue weighted by atomic mass is 10.0. The van der Waals surface area contributed by atoms with Crippen molar-refractivity contribution in [3.8, 4) is 0 Å². The second-order valence-electron chi connectivity index (χ2n) is 6.68. The van der Waals surface area contributed by atoms with Crippen LogP contribution in [0.2, 0.25) is 0 Å². The van der Waals surface area contributed by atoms with Crippen molar-refractivity contribution in [2.75, 3.05) is 33.3 Å². The Morgan fingerprint density at radius 1 is 1.04 bits per heavy atom. The molecule has 2 aliphatic rings. The molecule has 1 amide bonds. The number of hydrogen-bond donors (Lipinski definition) is 0. The van der Waals surface area contributed by atoms with E-state index in [1.807, 2.05) is 35.2 Å². The SMILES string of the molecule is COC(=O)[C@@H](c1ccccc1)N1CCN(C(=O)C2CCCC2)CC1. The number of methoxy groups -OCH3 is 1. The molecule has 1 atom stereocenters. The molecule has 5 heteroatoms. The van der Waals surface area contributed by atoms with Gasteiger partial charge >= 0.3 is 5.97 Å². The van der Waals surface area contributed by atoms with Gasteiger partial charge in [0.15, 0.2) is 0 Å². The number of carbonyl (C=O) groups is 2. The Bertz CT molecular complexity index is 561. The Morgan fingerprint density at radius 2 is 1.67 bits per heavy atom. The third-order valence-corrected chi connectivity index (χ3v) is 5.24. The number of esters is 1. The first-order valence-electron chi connectivity index (χ1n) is 8.86. The number of hydrogen-bond acceptors (Lipinski definition) is 4. The molecule has 24 heavy (non-hydrogen) atoms. The summed E-state index contributed by atoms with van der Waals surface area (Å²) in [6.07, 6.45) is 4.42. The first-order valence-corrected chi connectivity index (χ1v) is 8.86. The van der Waals surface area contributed by atoms with E-state index in [-0.39, 0.29) is 17.9 Å². The average Bonchev–Trinajstić information content (AvgIpc) is 3.17. The van der Waals surface area contributed by atoms with Crippen LogP contribution < -0.4 is 0 Å². The predicted octanol–water partition coefficient (Wildman–Crippen LogP) is 2.24. The van der Waals surface area contributed by atoms with Crippen molar-refractivity contribution in [2.45, 2.75) is 31.7 Å². The Balaban J connectivity index is 1.65. The van der Waals surface area contributed by atoms with Crippen molar-refractivity contribution in [1.82, 2.24) is 9.80 Å². The van der Waals surface area contributed by atoms with Gasteiger partial charge in [0.25, 0.3) is 0 Å². The number of benzene rings is 1. The number of piperazine rings is 1. The van der Waals surface area contributed by atoms with Gasteiger partial charge in [0, 0.05) is 32.1 Å². The highest BCUT2D eigenvalue weighted by Crippen LogP contribution is 2.28. The van der Waals surface area contributed by atoms with Crippen LogP contribution in [0.15, 0.2) is 30.3 Å². The molecular formula is C19H26N2O3. The zero-order chi connectivity index (χ0) is 16.9. The van der Waals surface area contributed by atoms with Gasteiger partial charge in [-0.3, -0.25) is 9.69 Å². The van der Waals surface area contributed by atoms with Gasteiger partial charge in [-0.05, 0) is 18.4 Å². The van der Waals surface area contributed by atoms with Crippen LogP contribution in [0.5, 0.6) is 0 Å². The number of nitrogens with zero attached hydrogens (tertiary/aromatic N) is 2. The molecule has 3 rings (SSSR count). The molecule has 0 radical (unpaired) electrons. The minimum Gasteiger partial charge on any atom is -0.468 e. The Labute approximate surface area is 143 Å². The zero-order valence-corrected chi connectivity index (χ0v) is 14.3. The van der Waals surface area contributed by atoms with E-state index in [2.05, 4.69) is 4.90 Å². The van der Waals surface area contributed by atoms with Gasteiger partial charge < -0.3 is 9.64 Å². The predicted molar refractivity (Wildman–Crippen MR) is 91.3 cm³/mol. The van der Waals surface area contributed by atoms with E-state index in [0.717, 1.165) is 18.4 Å². The molecule has 1 aromatic rings. The van der Waals surface area contributed by atoms with Crippen LogP contribution in [0.4, 0.5) is 0 Å². The maximum atomic E-state index is 12.6. The molecule has 0 bridgehead atoms. The van der Waals surface area contributed by atoms with E-state index in [1.54, 1.807) is 0 Å². The largest absolute Gasteiger partial charge is 0.468 e. The number of amides is 1. The van der Waals surface area contributed by atoms with Crippen molar-refractivity contribution in [2.24, 2.45) is 5.92 Å². The molecule has 2 fully saturated rings. The van der Waals surface area contributed by atoms with Gasteiger partial charge in [0.2, 0.25) is 5.91 Å². The third-order valence-electron chi connectivity index (χ3n) is 5.24. The maximum Gasteiger partial charge on any atom is 0.327 e. The zero-order valence-electron chi connectivity index (χ0n) is 14.3. The van der Waals surface area contributed by atoms with Crippen LogP contribution in [-0.2, 0) is 14.3 Å². The molecule has 1 saturated carbocycles. The van der Waals surface area contributed by atoms with Crippen molar-refractivity contribution < 1.29 is 14.3 Å². The molecule has 0 aromatic heterocycles. The normalized spacial score (nSPS) is 20.8. The molecule has 1 aliphatic carbocycles. The second-order valence-corrected chi connectivity index (χ2v) is 6.68. The van der Waals surface area contributed by atoms with Crippen molar-refractivity contribution in [3.05, 3.63) is 35.9 Å². The van der Waals surface area contributed by atoms with Gasteiger partial charge in [0.05, 0.1) is 7.11 Å². The van der Waals surface area contributed by atoms with Gasteiger partial charge in [-0.15, -0.1) is 0 Å². The smallest absolute Gasteiger partial charge is 0.327 e. The fraction of sp³-hybridized carbons (Fsp3) is 0.579. The van der Waals surface area contributed by atoms with Crippen molar-refractivity contribution in [1.29, 1.82) is 0 Å². The fourth-order valence-corrected chi connectivity index (χ4v) is 3.87. The van der Waals surface area contributed by atoms with Crippen LogP contribution in [0.1, 0.15) is 37.3 Å². The number of rotatable bonds is 4. The summed E-state index contributed by atoms with van der Waals surface area (Å²) in [7, 11) is 1.43. The molecule has 1 aromatic carbocycles. The van der Waals surface area contributed by atoms with Crippen LogP contribution in [0, 0.1) is 5.92 Å². The van der Waals surface area contributed by atoms with E-state index in [4.69, 9.17) is 4.74 Å². The number of carbonyl (C=O) groups excluding carboxylic acids is 2. The first-order chi connectivity index (χ1) is 11.7. The molecule has 1 saturated heterocycles. The lowest BCUT2D eigenvalue weighted by molar-refractivity contribution is -0.149. The molecule has 0 spiro atoms. The molecule has 0 unspecified atom stereocenters. The summed E-state index contributed by atoms with van der Waals surface area (Å²) in [5.74, 6) is 0.292. The Kier molecular flexibility index (Phi) is 5.51. The van der Waals surface area contributed by atoms with Crippen LogP contribution in [0.25, 0.3) is 0 Å². The van der Waals surface area contributed by atoms with Gasteiger partial charge in [-0.1, -0.05) is 43.2 Å². The fourth-order valence-electron chi connectivity index (χ4n) is 3.87. The molecule has 0 N–H and O–H groups in total. The standard InChI is InChI=1S/C19H26N2O3/c1-24-19(23)17(15-7-3-2-4-8-15)20-11-13-21(14-12-20)18(22)16-9-5-6-10-16/h2-4,7-8,16-17H,5-6,9-14H2,1H3/t17-/m1/s1. The highest BCUT2D eigenvalue weighted by Gasteiger charge is 2.34. The lowest BCUT2D eigenvalue weighted by Crippen LogP contribution is -2.52. The van der Waals surface area contributed by atoms with Crippen molar-refractivity contribution >= 4 is 11.9 Å². The minimum atomic E-state index is -0.389. The Hall–Kier alpha value is -1.88. The van der Waals surface area contributed by atoms with E-state index < -0.39 is 0 Å². The van der Waals surface area contributed by atoms with Gasteiger partial charge in [-0.2, -0.15) is 0 Å². The lowest BCUT2D eigenvalue weighted by Gasteiger charge is -2.39. The van der Waals surface area contributed by atoms with Crippen LogP contribution in [0.3, 0.4) is 0 Å². The third kappa shape index (κ3) is 3.61. The van der Waals surface area contributed by atoms with Crippen molar-refractivity contribution in [3.63, 3.8) is 0 Å². The summed E-state index contributed by atoms with van der Waals surface area (Å²) in [5.41, 5.74) is 0.944. The topological polar surface area (TPSA) is 49.9 Å². The highest BCUT2D eigenvalue weighted by atomic mass is 16.5. The summed E-state index contributed by atoms with van der Waals surface area (Å²) >= 11 is 0. The number of ether oxygens (including phenoxy) is 1. The molecule has 130 valence electrons. The van der Waals surface area contributed by atoms with Crippen LogP contribution in [-0.4, -0.2) is 55.0 Å². The van der Waals surface area contributed by atoms with Gasteiger partial charge in [-0.25, -0.2) is 4.79 Å². The van der Waals surface area contributed by atoms with Crippen LogP contribution >= 0.6 is 0 Å². The van der Waals surface area contributed by atoms with E-state index in [0.29, 0.717) is 32.1 Å². The van der Waals surface area contributed by atoms with E-state index in [1.165, 1.54) is 20.0 Å². The van der Waals surface area contributed by atoms with E-state index in [9.17, 15) is 9.59 Å².